The van der Waals surface area contributed by atoms with Crippen molar-refractivity contribution in [3.8, 4) is 33.4 Å². The normalized spacial score (nSPS) is 12.3. The van der Waals surface area contributed by atoms with Crippen LogP contribution in [-0.4, -0.2) is 0 Å². The predicted octanol–water partition coefficient (Wildman–Crippen LogP) is 12.8. The Morgan fingerprint density at radius 3 is 0.800 bits per heavy atom. The molecular formula is C45H30. The fourth-order valence-electron chi connectivity index (χ4n) is 8.09. The zero-order valence-corrected chi connectivity index (χ0v) is 25.6. The van der Waals surface area contributed by atoms with Gasteiger partial charge in [0.15, 0.2) is 0 Å². The van der Waals surface area contributed by atoms with Crippen LogP contribution in [0.5, 0.6) is 0 Å². The standard InChI is InChI=1S/C45H30/c1-25-4-10-28(11-5-25)37-22-31-17-20-35-39(30-14-8-27(3)9-15-30)24-33-18-21-36-38(29-12-6-26(2)7-13-29)23-32-16-19-34(37)43-40(31)44(35)42(33)45(36)41(32)43/h4-24H,1-3H3. The lowest BCUT2D eigenvalue weighted by atomic mass is 9.78. The van der Waals surface area contributed by atoms with E-state index in [0.717, 1.165) is 0 Å². The maximum absolute atomic E-state index is 2.43. The molecule has 0 atom stereocenters. The molecule has 0 amide bonds. The van der Waals surface area contributed by atoms with Crippen LogP contribution in [0, 0.1) is 20.8 Å². The molecule has 0 aromatic heterocycles. The van der Waals surface area contributed by atoms with Crippen LogP contribution in [0.2, 0.25) is 0 Å². The Labute approximate surface area is 262 Å². The first-order valence-corrected chi connectivity index (χ1v) is 15.9. The summed E-state index contributed by atoms with van der Waals surface area (Å²) in [6.07, 6.45) is 0. The smallest absolute Gasteiger partial charge is 0.000762 e. The molecule has 0 heteroatoms. The Hall–Kier alpha value is -5.46. The first kappa shape index (κ1) is 24.9. The average Bonchev–Trinajstić information content (AvgIpc) is 3.07. The summed E-state index contributed by atoms with van der Waals surface area (Å²) in [5.41, 5.74) is 11.6. The highest BCUT2D eigenvalue weighted by atomic mass is 14.3. The predicted molar refractivity (Wildman–Crippen MR) is 196 cm³/mol. The van der Waals surface area contributed by atoms with Crippen LogP contribution >= 0.6 is 0 Å². The molecule has 0 aliphatic carbocycles. The Morgan fingerprint density at radius 1 is 0.267 bits per heavy atom. The van der Waals surface area contributed by atoms with E-state index < -0.39 is 0 Å². The molecule has 10 rings (SSSR count). The third kappa shape index (κ3) is 3.37. The molecule has 10 aromatic rings. The van der Waals surface area contributed by atoms with Crippen molar-refractivity contribution in [2.24, 2.45) is 0 Å². The average molecular weight is 571 g/mol. The minimum absolute atomic E-state index is 1.27. The molecule has 0 nitrogen and oxygen atoms in total. The summed E-state index contributed by atoms with van der Waals surface area (Å²) in [5, 5.41) is 16.3. The van der Waals surface area contributed by atoms with Crippen LogP contribution in [0.15, 0.2) is 127 Å². The summed E-state index contributed by atoms with van der Waals surface area (Å²) in [5.74, 6) is 0. The lowest BCUT2D eigenvalue weighted by Gasteiger charge is -2.24. The summed E-state index contributed by atoms with van der Waals surface area (Å²) in [4.78, 5) is 0. The topological polar surface area (TPSA) is 0 Å². The minimum Gasteiger partial charge on any atom is -0.0587 e. The van der Waals surface area contributed by atoms with E-state index in [2.05, 4.69) is 148 Å². The summed E-state index contributed by atoms with van der Waals surface area (Å²) < 4.78 is 0. The van der Waals surface area contributed by atoms with E-state index in [9.17, 15) is 0 Å². The number of aryl methyl sites for hydroxylation is 3. The maximum atomic E-state index is 2.43. The van der Waals surface area contributed by atoms with Gasteiger partial charge in [-0.3, -0.25) is 0 Å². The zero-order valence-electron chi connectivity index (χ0n) is 25.6. The third-order valence-corrected chi connectivity index (χ3v) is 10.3. The fourth-order valence-corrected chi connectivity index (χ4v) is 8.09. The zero-order chi connectivity index (χ0) is 30.0. The van der Waals surface area contributed by atoms with Crippen molar-refractivity contribution in [2.45, 2.75) is 20.8 Å². The number of benzene rings is 10. The molecule has 0 unspecified atom stereocenters. The maximum Gasteiger partial charge on any atom is -0.000762 e. The van der Waals surface area contributed by atoms with Crippen LogP contribution in [0.1, 0.15) is 16.7 Å². The molecule has 0 saturated carbocycles. The van der Waals surface area contributed by atoms with Gasteiger partial charge >= 0.3 is 0 Å². The third-order valence-electron chi connectivity index (χ3n) is 10.3. The summed E-state index contributed by atoms with van der Waals surface area (Å²) in [7, 11) is 0. The van der Waals surface area contributed by atoms with Crippen molar-refractivity contribution in [3.63, 3.8) is 0 Å². The lowest BCUT2D eigenvalue weighted by Crippen LogP contribution is -1.96. The molecule has 0 radical (unpaired) electrons. The van der Waals surface area contributed by atoms with Crippen LogP contribution in [0.3, 0.4) is 0 Å². The Morgan fingerprint density at radius 2 is 0.533 bits per heavy atom. The van der Waals surface area contributed by atoms with Crippen molar-refractivity contribution in [1.29, 1.82) is 0 Å². The van der Waals surface area contributed by atoms with Gasteiger partial charge in [-0.15, -0.1) is 0 Å². The van der Waals surface area contributed by atoms with Gasteiger partial charge in [-0.1, -0.05) is 126 Å². The fraction of sp³-hybridized carbons (Fsp3) is 0.0667. The Kier molecular flexibility index (Phi) is 4.88. The molecule has 45 heavy (non-hydrogen) atoms. The lowest BCUT2D eigenvalue weighted by molar-refractivity contribution is 1.47. The van der Waals surface area contributed by atoms with Crippen molar-refractivity contribution in [1.82, 2.24) is 0 Å². The molecule has 0 aliphatic rings. The summed E-state index contributed by atoms with van der Waals surface area (Å²) >= 11 is 0. The molecule has 0 aliphatic heterocycles. The molecule has 0 heterocycles. The second-order valence-corrected chi connectivity index (χ2v) is 13.1. The van der Waals surface area contributed by atoms with E-state index in [4.69, 9.17) is 0 Å². The van der Waals surface area contributed by atoms with Crippen LogP contribution in [-0.2, 0) is 0 Å². The van der Waals surface area contributed by atoms with E-state index in [1.165, 1.54) is 115 Å². The molecule has 0 bridgehead atoms. The van der Waals surface area contributed by atoms with Crippen molar-refractivity contribution >= 4 is 64.6 Å². The van der Waals surface area contributed by atoms with Crippen molar-refractivity contribution in [2.75, 3.05) is 0 Å². The van der Waals surface area contributed by atoms with E-state index in [0.29, 0.717) is 0 Å². The van der Waals surface area contributed by atoms with E-state index in [1.54, 1.807) is 0 Å². The molecule has 0 spiro atoms. The van der Waals surface area contributed by atoms with Crippen molar-refractivity contribution in [3.05, 3.63) is 144 Å². The second kappa shape index (κ2) is 8.80. The highest BCUT2D eigenvalue weighted by Crippen LogP contribution is 2.53. The van der Waals surface area contributed by atoms with Gasteiger partial charge in [0.05, 0.1) is 0 Å². The first-order valence-electron chi connectivity index (χ1n) is 15.9. The Bertz CT molecular complexity index is 2390. The molecule has 210 valence electrons. The van der Waals surface area contributed by atoms with Crippen LogP contribution in [0.25, 0.3) is 98.0 Å². The monoisotopic (exact) mass is 570 g/mol. The van der Waals surface area contributed by atoms with Crippen LogP contribution < -0.4 is 0 Å². The number of hydrogen-bond acceptors (Lipinski definition) is 0. The van der Waals surface area contributed by atoms with E-state index in [1.807, 2.05) is 0 Å². The van der Waals surface area contributed by atoms with Gasteiger partial charge in [-0.05, 0) is 137 Å². The molecule has 0 N–H and O–H groups in total. The van der Waals surface area contributed by atoms with Gasteiger partial charge in [0.2, 0.25) is 0 Å². The first-order chi connectivity index (χ1) is 22.0. The minimum atomic E-state index is 1.27. The quantitative estimate of drug-likeness (QED) is 0.146. The van der Waals surface area contributed by atoms with Gasteiger partial charge in [0.1, 0.15) is 0 Å². The highest BCUT2D eigenvalue weighted by Gasteiger charge is 2.25. The highest BCUT2D eigenvalue weighted by molar-refractivity contribution is 6.47. The molecular weight excluding hydrogens is 540 g/mol. The number of rotatable bonds is 3. The SMILES string of the molecule is Cc1ccc(-c2cc3ccc4c(-c5ccc(C)cc5)cc5ccc6c(-c7ccc(C)cc7)cc7ccc2c2c7c6c5c4c32)cc1. The van der Waals surface area contributed by atoms with Crippen molar-refractivity contribution < 1.29 is 0 Å². The van der Waals surface area contributed by atoms with Gasteiger partial charge in [-0.2, -0.15) is 0 Å². The summed E-state index contributed by atoms with van der Waals surface area (Å²) in [6, 6.07) is 48.6. The van der Waals surface area contributed by atoms with Gasteiger partial charge < -0.3 is 0 Å². The van der Waals surface area contributed by atoms with Crippen LogP contribution in [0.4, 0.5) is 0 Å². The van der Waals surface area contributed by atoms with E-state index in [-0.39, 0.29) is 0 Å². The van der Waals surface area contributed by atoms with Gasteiger partial charge in [0, 0.05) is 0 Å². The second-order valence-electron chi connectivity index (χ2n) is 13.1. The largest absolute Gasteiger partial charge is 0.0587 e. The molecule has 0 saturated heterocycles. The molecule has 0 fully saturated rings. The Balaban J connectivity index is 1.46. The molecule has 10 aromatic carbocycles. The van der Waals surface area contributed by atoms with Gasteiger partial charge in [-0.25, -0.2) is 0 Å². The van der Waals surface area contributed by atoms with E-state index >= 15 is 0 Å². The number of hydrogen-bond donors (Lipinski definition) is 0. The van der Waals surface area contributed by atoms with Gasteiger partial charge in [0.25, 0.3) is 0 Å². The summed E-state index contributed by atoms with van der Waals surface area (Å²) in [6.45, 7) is 6.49.